The van der Waals surface area contributed by atoms with Crippen LogP contribution in [-0.4, -0.2) is 21.1 Å². The van der Waals surface area contributed by atoms with Gasteiger partial charge in [0, 0.05) is 5.56 Å². The van der Waals surface area contributed by atoms with Gasteiger partial charge in [0.1, 0.15) is 5.82 Å². The van der Waals surface area contributed by atoms with Crippen LogP contribution in [0.3, 0.4) is 0 Å². The highest BCUT2D eigenvalue weighted by Crippen LogP contribution is 2.36. The first-order chi connectivity index (χ1) is 8.24. The fourth-order valence-corrected chi connectivity index (χ4v) is 1.84. The maximum absolute atomic E-state index is 5.82. The Balaban J connectivity index is 1.98. The van der Waals surface area contributed by atoms with Gasteiger partial charge in [0.15, 0.2) is 0 Å². The third kappa shape index (κ3) is 1.94. The van der Waals surface area contributed by atoms with Gasteiger partial charge >= 0.3 is 0 Å². The number of aromatic amines is 1. The monoisotopic (exact) mass is 270 g/mol. The molecular formula is C11H8Cl2N2O2. The molecule has 0 spiro atoms. The van der Waals surface area contributed by atoms with Crippen molar-refractivity contribution >= 4 is 23.2 Å². The maximum Gasteiger partial charge on any atom is 0.279 e. The van der Waals surface area contributed by atoms with Gasteiger partial charge in [0.2, 0.25) is 11.1 Å². The lowest BCUT2D eigenvalue weighted by molar-refractivity contribution is 0.109. The van der Waals surface area contributed by atoms with Crippen LogP contribution in [0.4, 0.5) is 0 Å². The van der Waals surface area contributed by atoms with E-state index in [2.05, 4.69) is 9.97 Å². The molecule has 0 fully saturated rings. The molecule has 1 aromatic carbocycles. The highest BCUT2D eigenvalue weighted by atomic mass is 35.5. The second kappa shape index (κ2) is 4.13. The molecule has 0 amide bonds. The van der Waals surface area contributed by atoms with E-state index >= 15 is 0 Å². The summed E-state index contributed by atoms with van der Waals surface area (Å²) >= 11 is 11.6. The van der Waals surface area contributed by atoms with Gasteiger partial charge in [0.25, 0.3) is 11.8 Å². The topological polar surface area (TPSA) is 47.1 Å². The Kier molecular flexibility index (Phi) is 2.61. The van der Waals surface area contributed by atoms with Crippen molar-refractivity contribution in [1.82, 2.24) is 9.97 Å². The van der Waals surface area contributed by atoms with E-state index in [1.54, 1.807) is 0 Å². The molecule has 2 atom stereocenters. The van der Waals surface area contributed by atoms with Gasteiger partial charge in [-0.3, -0.25) is 0 Å². The number of alkyl halides is 2. The Bertz CT molecular complexity index is 502. The average molecular weight is 271 g/mol. The van der Waals surface area contributed by atoms with E-state index in [1.807, 2.05) is 30.3 Å². The van der Waals surface area contributed by atoms with Crippen LogP contribution < -0.4 is 9.47 Å². The molecule has 1 aliphatic heterocycles. The highest BCUT2D eigenvalue weighted by molar-refractivity contribution is 6.29. The Hall–Kier alpha value is -1.39. The molecule has 1 N–H and O–H groups in total. The number of H-pyrrole nitrogens is 1. The number of hydrogen-bond donors (Lipinski definition) is 1. The highest BCUT2D eigenvalue weighted by Gasteiger charge is 2.31. The number of benzene rings is 1. The number of halogens is 2. The summed E-state index contributed by atoms with van der Waals surface area (Å²) in [5.74, 6) is 1.40. The van der Waals surface area contributed by atoms with Crippen LogP contribution in [0.15, 0.2) is 30.3 Å². The first-order valence-corrected chi connectivity index (χ1v) is 5.88. The van der Waals surface area contributed by atoms with E-state index in [0.717, 1.165) is 5.56 Å². The number of imidazole rings is 1. The molecule has 88 valence electrons. The quantitative estimate of drug-likeness (QED) is 0.811. The molecule has 0 aliphatic carbocycles. The van der Waals surface area contributed by atoms with Gasteiger partial charge in [-0.1, -0.05) is 53.5 Å². The van der Waals surface area contributed by atoms with E-state index in [9.17, 15) is 0 Å². The number of hydrogen-bond acceptors (Lipinski definition) is 3. The molecule has 2 heterocycles. The summed E-state index contributed by atoms with van der Waals surface area (Å²) in [5.41, 5.74) is -0.532. The van der Waals surface area contributed by atoms with Crippen molar-refractivity contribution in [3.63, 3.8) is 0 Å². The van der Waals surface area contributed by atoms with E-state index in [4.69, 9.17) is 32.7 Å². The zero-order chi connectivity index (χ0) is 11.8. The molecule has 0 saturated carbocycles. The lowest BCUT2D eigenvalue weighted by Gasteiger charge is -2.22. The first kappa shape index (κ1) is 10.7. The summed E-state index contributed by atoms with van der Waals surface area (Å²) in [6.45, 7) is 0. The third-order valence-corrected chi connectivity index (χ3v) is 3.11. The Labute approximate surface area is 107 Å². The van der Waals surface area contributed by atoms with Crippen LogP contribution in [0.2, 0.25) is 0 Å². The molecule has 17 heavy (non-hydrogen) atoms. The van der Waals surface area contributed by atoms with Crippen molar-refractivity contribution in [2.24, 2.45) is 0 Å². The fraction of sp³-hybridized carbons (Fsp3) is 0.182. The smallest absolute Gasteiger partial charge is 0.279 e. The summed E-state index contributed by atoms with van der Waals surface area (Å²) < 4.78 is 10.6. The molecule has 2 unspecified atom stereocenters. The molecule has 1 aromatic heterocycles. The van der Waals surface area contributed by atoms with Crippen molar-refractivity contribution < 1.29 is 9.47 Å². The minimum Gasteiger partial charge on any atom is -0.450 e. The normalized spacial score (nSPS) is 22.5. The number of fused-ring (bicyclic) bond motifs is 1. The van der Waals surface area contributed by atoms with E-state index in [1.165, 1.54) is 0 Å². The summed E-state index contributed by atoms with van der Waals surface area (Å²) in [4.78, 5) is 7.26. The van der Waals surface area contributed by atoms with Crippen molar-refractivity contribution in [2.75, 3.05) is 0 Å². The minimum atomic E-state index is -0.740. The van der Waals surface area contributed by atoms with Crippen LogP contribution in [0.25, 0.3) is 11.4 Å². The van der Waals surface area contributed by atoms with Crippen LogP contribution >= 0.6 is 23.2 Å². The summed E-state index contributed by atoms with van der Waals surface area (Å²) in [5, 5.41) is 0. The van der Waals surface area contributed by atoms with Crippen molar-refractivity contribution in [3.05, 3.63) is 30.3 Å². The standard InChI is InChI=1S/C11H8Cl2N2O2/c12-7-8(13)17-11-10(16-7)14-9(15-11)6-4-2-1-3-5-6/h1-5,7-8H,(H,14,15). The van der Waals surface area contributed by atoms with E-state index in [-0.39, 0.29) is 0 Å². The van der Waals surface area contributed by atoms with Gasteiger partial charge in [-0.15, -0.1) is 0 Å². The minimum absolute atomic E-state index is 0.334. The molecule has 1 aliphatic rings. The third-order valence-electron chi connectivity index (χ3n) is 2.35. The molecule has 0 saturated heterocycles. The van der Waals surface area contributed by atoms with Crippen molar-refractivity contribution in [1.29, 1.82) is 0 Å². The lowest BCUT2D eigenvalue weighted by atomic mass is 10.2. The van der Waals surface area contributed by atoms with Crippen molar-refractivity contribution in [3.8, 4) is 23.1 Å². The Morgan fingerprint density at radius 3 is 2.53 bits per heavy atom. The molecule has 0 radical (unpaired) electrons. The molecule has 6 heteroatoms. The second-order valence-corrected chi connectivity index (χ2v) is 4.38. The predicted octanol–water partition coefficient (Wildman–Crippen LogP) is 2.98. The summed E-state index contributed by atoms with van der Waals surface area (Å²) in [6.07, 6.45) is 0. The van der Waals surface area contributed by atoms with Gasteiger partial charge < -0.3 is 14.5 Å². The largest absolute Gasteiger partial charge is 0.450 e. The van der Waals surface area contributed by atoms with Crippen LogP contribution in [0, 0.1) is 0 Å². The lowest BCUT2D eigenvalue weighted by Crippen LogP contribution is -2.31. The molecular weight excluding hydrogens is 263 g/mol. The maximum atomic E-state index is 5.82. The molecule has 3 rings (SSSR count). The van der Waals surface area contributed by atoms with Gasteiger partial charge in [-0.2, -0.15) is 4.98 Å². The van der Waals surface area contributed by atoms with Crippen LogP contribution in [0.5, 0.6) is 11.8 Å². The number of aromatic nitrogens is 2. The van der Waals surface area contributed by atoms with Gasteiger partial charge in [-0.25, -0.2) is 0 Å². The van der Waals surface area contributed by atoms with Crippen LogP contribution in [-0.2, 0) is 0 Å². The van der Waals surface area contributed by atoms with Crippen molar-refractivity contribution in [2.45, 2.75) is 11.1 Å². The molecule has 2 aromatic rings. The van der Waals surface area contributed by atoms with Gasteiger partial charge in [-0.05, 0) is 0 Å². The number of nitrogens with one attached hydrogen (secondary N) is 1. The second-order valence-electron chi connectivity index (χ2n) is 3.52. The number of rotatable bonds is 1. The predicted molar refractivity (Wildman–Crippen MR) is 64.6 cm³/mol. The fourth-order valence-electron chi connectivity index (χ4n) is 1.56. The van der Waals surface area contributed by atoms with E-state index in [0.29, 0.717) is 17.6 Å². The molecule has 4 nitrogen and oxygen atoms in total. The average Bonchev–Trinajstić information content (AvgIpc) is 2.74. The zero-order valence-corrected chi connectivity index (χ0v) is 10.1. The Morgan fingerprint density at radius 2 is 1.76 bits per heavy atom. The van der Waals surface area contributed by atoms with E-state index < -0.39 is 11.1 Å². The number of nitrogens with zero attached hydrogens (tertiary/aromatic N) is 1. The van der Waals surface area contributed by atoms with Gasteiger partial charge in [0.05, 0.1) is 0 Å². The zero-order valence-electron chi connectivity index (χ0n) is 8.56. The Morgan fingerprint density at radius 1 is 1.06 bits per heavy atom. The molecule has 0 bridgehead atoms. The number of ether oxygens (including phenoxy) is 2. The summed E-state index contributed by atoms with van der Waals surface area (Å²) in [7, 11) is 0. The first-order valence-electron chi connectivity index (χ1n) is 5.01. The summed E-state index contributed by atoms with van der Waals surface area (Å²) in [6, 6.07) is 9.64. The SMILES string of the molecule is ClC1Oc2nc(-c3ccccc3)[nH]c2OC1Cl. The van der Waals surface area contributed by atoms with Crippen LogP contribution in [0.1, 0.15) is 0 Å².